The lowest BCUT2D eigenvalue weighted by atomic mass is 10.0. The Labute approximate surface area is 148 Å². The van der Waals surface area contributed by atoms with Crippen LogP contribution in [0, 0.1) is 0 Å². The Morgan fingerprint density at radius 1 is 1.00 bits per heavy atom. The molecular formula is C22H23NO2. The first-order chi connectivity index (χ1) is 12.2. The summed E-state index contributed by atoms with van der Waals surface area (Å²) < 4.78 is 0. The Balaban J connectivity index is 1.67. The molecule has 0 saturated heterocycles. The summed E-state index contributed by atoms with van der Waals surface area (Å²) in [6.45, 7) is 2.32. The fraction of sp³-hybridized carbons (Fsp3) is 0.227. The summed E-state index contributed by atoms with van der Waals surface area (Å²) >= 11 is 0. The van der Waals surface area contributed by atoms with Crippen LogP contribution in [0.1, 0.15) is 40.9 Å². The van der Waals surface area contributed by atoms with Gasteiger partial charge < -0.3 is 10.4 Å². The van der Waals surface area contributed by atoms with Crippen molar-refractivity contribution in [1.82, 2.24) is 5.32 Å². The van der Waals surface area contributed by atoms with E-state index in [-0.39, 0.29) is 12.5 Å². The second-order valence-electron chi connectivity index (χ2n) is 6.24. The highest BCUT2D eigenvalue weighted by Gasteiger charge is 2.13. The van der Waals surface area contributed by atoms with Gasteiger partial charge in [-0.05, 0) is 40.5 Å². The van der Waals surface area contributed by atoms with E-state index in [0.717, 1.165) is 29.2 Å². The molecule has 3 aromatic carbocycles. The first kappa shape index (κ1) is 17.2. The van der Waals surface area contributed by atoms with Gasteiger partial charge in [0.2, 0.25) is 0 Å². The molecule has 1 unspecified atom stereocenters. The van der Waals surface area contributed by atoms with Gasteiger partial charge in [0.05, 0.1) is 6.10 Å². The summed E-state index contributed by atoms with van der Waals surface area (Å²) in [6.07, 6.45) is 1.36. The van der Waals surface area contributed by atoms with Gasteiger partial charge in [-0.3, -0.25) is 4.79 Å². The number of rotatable bonds is 6. The number of fused-ring (bicyclic) bond motifs is 1. The molecule has 0 radical (unpaired) electrons. The fourth-order valence-corrected chi connectivity index (χ4v) is 3.05. The van der Waals surface area contributed by atoms with Crippen molar-refractivity contribution in [1.29, 1.82) is 0 Å². The van der Waals surface area contributed by atoms with Crippen LogP contribution in [0.25, 0.3) is 10.8 Å². The minimum absolute atomic E-state index is 0.165. The fourth-order valence-electron chi connectivity index (χ4n) is 3.05. The molecule has 3 aromatic rings. The van der Waals surface area contributed by atoms with Gasteiger partial charge >= 0.3 is 0 Å². The number of amides is 1. The second kappa shape index (κ2) is 7.95. The number of carbonyl (C=O) groups excluding carboxylic acids is 1. The smallest absolute Gasteiger partial charge is 0.251 e. The molecule has 0 heterocycles. The molecular weight excluding hydrogens is 310 g/mol. The van der Waals surface area contributed by atoms with Crippen LogP contribution >= 0.6 is 0 Å². The summed E-state index contributed by atoms with van der Waals surface area (Å²) in [4.78, 5) is 12.3. The normalized spacial score (nSPS) is 12.1. The highest BCUT2D eigenvalue weighted by molar-refractivity contribution is 5.94. The predicted molar refractivity (Wildman–Crippen MR) is 102 cm³/mol. The predicted octanol–water partition coefficient (Wildman–Crippen LogP) is 4.26. The van der Waals surface area contributed by atoms with Crippen LogP contribution in [-0.4, -0.2) is 17.6 Å². The van der Waals surface area contributed by atoms with E-state index < -0.39 is 6.10 Å². The monoisotopic (exact) mass is 333 g/mol. The maximum absolute atomic E-state index is 12.3. The maximum Gasteiger partial charge on any atom is 0.251 e. The minimum atomic E-state index is -0.741. The number of aliphatic hydroxyl groups is 1. The van der Waals surface area contributed by atoms with Gasteiger partial charge in [-0.25, -0.2) is 0 Å². The minimum Gasteiger partial charge on any atom is -0.387 e. The Bertz CT molecular complexity index is 850. The molecule has 3 heteroatoms. The van der Waals surface area contributed by atoms with Crippen molar-refractivity contribution in [2.24, 2.45) is 0 Å². The van der Waals surface area contributed by atoms with Crippen LogP contribution < -0.4 is 5.32 Å². The average molecular weight is 333 g/mol. The molecule has 0 aliphatic rings. The maximum atomic E-state index is 12.3. The SMILES string of the molecule is CCCc1ccc(C(=O)NCC(O)c2cccc3ccccc23)cc1. The highest BCUT2D eigenvalue weighted by Crippen LogP contribution is 2.23. The number of hydrogen-bond acceptors (Lipinski definition) is 2. The number of nitrogens with one attached hydrogen (secondary N) is 1. The van der Waals surface area contributed by atoms with Gasteiger partial charge in [-0.15, -0.1) is 0 Å². The third-order valence-corrected chi connectivity index (χ3v) is 4.39. The lowest BCUT2D eigenvalue weighted by Crippen LogP contribution is -2.28. The topological polar surface area (TPSA) is 49.3 Å². The van der Waals surface area contributed by atoms with Crippen LogP contribution in [0.2, 0.25) is 0 Å². The van der Waals surface area contributed by atoms with E-state index in [9.17, 15) is 9.90 Å². The van der Waals surface area contributed by atoms with E-state index in [4.69, 9.17) is 0 Å². The van der Waals surface area contributed by atoms with Crippen LogP contribution in [-0.2, 0) is 6.42 Å². The van der Waals surface area contributed by atoms with Gasteiger partial charge in [0.25, 0.3) is 5.91 Å². The van der Waals surface area contributed by atoms with Crippen molar-refractivity contribution in [3.63, 3.8) is 0 Å². The van der Waals surface area contributed by atoms with Crippen molar-refractivity contribution in [2.75, 3.05) is 6.54 Å². The lowest BCUT2D eigenvalue weighted by molar-refractivity contribution is 0.0917. The molecule has 0 fully saturated rings. The van der Waals surface area contributed by atoms with Crippen LogP contribution in [0.5, 0.6) is 0 Å². The molecule has 25 heavy (non-hydrogen) atoms. The number of benzene rings is 3. The van der Waals surface area contributed by atoms with Crippen molar-refractivity contribution in [3.8, 4) is 0 Å². The summed E-state index contributed by atoms with van der Waals surface area (Å²) in [5.74, 6) is -0.165. The van der Waals surface area contributed by atoms with Crippen LogP contribution in [0.3, 0.4) is 0 Å². The van der Waals surface area contributed by atoms with Gasteiger partial charge in [0.1, 0.15) is 0 Å². The Morgan fingerprint density at radius 2 is 1.72 bits per heavy atom. The quantitative estimate of drug-likeness (QED) is 0.708. The molecule has 0 spiro atoms. The summed E-state index contributed by atoms with van der Waals surface area (Å²) in [6, 6.07) is 21.4. The number of aliphatic hydroxyl groups excluding tert-OH is 1. The average Bonchev–Trinajstić information content (AvgIpc) is 2.66. The van der Waals surface area contributed by atoms with E-state index in [1.54, 1.807) is 0 Å². The van der Waals surface area contributed by atoms with E-state index in [1.807, 2.05) is 66.7 Å². The zero-order valence-electron chi connectivity index (χ0n) is 14.4. The Morgan fingerprint density at radius 3 is 2.48 bits per heavy atom. The van der Waals surface area contributed by atoms with Crippen LogP contribution in [0.15, 0.2) is 66.7 Å². The van der Waals surface area contributed by atoms with Gasteiger partial charge in [0, 0.05) is 12.1 Å². The second-order valence-corrected chi connectivity index (χ2v) is 6.24. The molecule has 0 bridgehead atoms. The molecule has 0 aromatic heterocycles. The Kier molecular flexibility index (Phi) is 5.46. The molecule has 0 aliphatic carbocycles. The molecule has 0 aliphatic heterocycles. The number of hydrogen-bond donors (Lipinski definition) is 2. The number of carbonyl (C=O) groups is 1. The highest BCUT2D eigenvalue weighted by atomic mass is 16.3. The van der Waals surface area contributed by atoms with Crippen molar-refractivity contribution in [3.05, 3.63) is 83.4 Å². The summed E-state index contributed by atoms with van der Waals surface area (Å²) in [5.41, 5.74) is 2.68. The van der Waals surface area contributed by atoms with E-state index >= 15 is 0 Å². The van der Waals surface area contributed by atoms with Gasteiger partial charge in [0.15, 0.2) is 0 Å². The van der Waals surface area contributed by atoms with Crippen molar-refractivity contribution in [2.45, 2.75) is 25.9 Å². The van der Waals surface area contributed by atoms with E-state index in [0.29, 0.717) is 5.56 Å². The molecule has 3 nitrogen and oxygen atoms in total. The lowest BCUT2D eigenvalue weighted by Gasteiger charge is -2.15. The summed E-state index contributed by atoms with van der Waals surface area (Å²) in [7, 11) is 0. The standard InChI is InChI=1S/C22H23NO2/c1-2-6-16-11-13-18(14-12-16)22(25)23-15-21(24)20-10-5-8-17-7-3-4-9-19(17)20/h3-5,7-14,21,24H,2,6,15H2,1H3,(H,23,25). The Hall–Kier alpha value is -2.65. The zero-order valence-corrected chi connectivity index (χ0v) is 14.4. The van der Waals surface area contributed by atoms with Gasteiger partial charge in [-0.2, -0.15) is 0 Å². The van der Waals surface area contributed by atoms with E-state index in [2.05, 4.69) is 12.2 Å². The third-order valence-electron chi connectivity index (χ3n) is 4.39. The molecule has 128 valence electrons. The largest absolute Gasteiger partial charge is 0.387 e. The molecule has 1 atom stereocenters. The number of aryl methyl sites for hydroxylation is 1. The third kappa shape index (κ3) is 4.06. The first-order valence-electron chi connectivity index (χ1n) is 8.72. The summed E-state index contributed by atoms with van der Waals surface area (Å²) in [5, 5.41) is 15.4. The van der Waals surface area contributed by atoms with E-state index in [1.165, 1.54) is 5.56 Å². The van der Waals surface area contributed by atoms with Crippen molar-refractivity contribution < 1.29 is 9.90 Å². The van der Waals surface area contributed by atoms with Gasteiger partial charge in [-0.1, -0.05) is 67.9 Å². The molecule has 2 N–H and O–H groups in total. The van der Waals surface area contributed by atoms with Crippen LogP contribution in [0.4, 0.5) is 0 Å². The zero-order chi connectivity index (χ0) is 17.6. The van der Waals surface area contributed by atoms with Crippen molar-refractivity contribution >= 4 is 16.7 Å². The first-order valence-corrected chi connectivity index (χ1v) is 8.72. The molecule has 1 amide bonds. The molecule has 3 rings (SSSR count). The molecule has 0 saturated carbocycles.